The predicted octanol–water partition coefficient (Wildman–Crippen LogP) is 3.13. The molecule has 0 heterocycles. The molecule has 0 radical (unpaired) electrons. The maximum atomic E-state index is 3.63. The van der Waals surface area contributed by atoms with Crippen LogP contribution in [-0.4, -0.2) is 37.6 Å². The lowest BCUT2D eigenvalue weighted by atomic mass is 10.1. The summed E-state index contributed by atoms with van der Waals surface area (Å²) in [5.41, 5.74) is 0. The third-order valence-corrected chi connectivity index (χ3v) is 4.09. The fourth-order valence-electron chi connectivity index (χ4n) is 2.55. The Bertz CT molecular complexity index is 193. The zero-order chi connectivity index (χ0) is 12.7. The Morgan fingerprint density at radius 3 is 2.59 bits per heavy atom. The van der Waals surface area contributed by atoms with Gasteiger partial charge in [0.15, 0.2) is 0 Å². The summed E-state index contributed by atoms with van der Waals surface area (Å²) < 4.78 is 0. The van der Waals surface area contributed by atoms with Crippen LogP contribution in [0.15, 0.2) is 0 Å². The smallest absolute Gasteiger partial charge is 0.00649 e. The van der Waals surface area contributed by atoms with E-state index >= 15 is 0 Å². The summed E-state index contributed by atoms with van der Waals surface area (Å²) in [6.07, 6.45) is 6.65. The van der Waals surface area contributed by atoms with Crippen LogP contribution in [0.1, 0.15) is 52.9 Å². The van der Waals surface area contributed by atoms with Crippen molar-refractivity contribution in [2.24, 2.45) is 11.8 Å². The molecule has 1 fully saturated rings. The lowest BCUT2D eigenvalue weighted by Crippen LogP contribution is -2.30. The molecule has 3 atom stereocenters. The van der Waals surface area contributed by atoms with Gasteiger partial charge in [0.05, 0.1) is 0 Å². The Labute approximate surface area is 108 Å². The van der Waals surface area contributed by atoms with Crippen LogP contribution in [0.5, 0.6) is 0 Å². The number of hydrogen-bond donors (Lipinski definition) is 1. The maximum Gasteiger partial charge on any atom is 0.00649 e. The van der Waals surface area contributed by atoms with Crippen LogP contribution >= 0.6 is 0 Å². The number of nitrogens with zero attached hydrogens (tertiary/aromatic N) is 1. The van der Waals surface area contributed by atoms with Gasteiger partial charge in [-0.05, 0) is 64.1 Å². The number of hydrogen-bond acceptors (Lipinski definition) is 2. The normalized spacial score (nSPS) is 25.2. The van der Waals surface area contributed by atoms with Gasteiger partial charge in [-0.25, -0.2) is 0 Å². The summed E-state index contributed by atoms with van der Waals surface area (Å²) in [5.74, 6) is 1.99. The fourth-order valence-corrected chi connectivity index (χ4v) is 2.55. The van der Waals surface area contributed by atoms with Gasteiger partial charge in [0.25, 0.3) is 0 Å². The average molecular weight is 240 g/mol. The summed E-state index contributed by atoms with van der Waals surface area (Å²) in [5, 5.41) is 3.63. The monoisotopic (exact) mass is 240 g/mol. The Hall–Kier alpha value is -0.0800. The molecule has 17 heavy (non-hydrogen) atoms. The Morgan fingerprint density at radius 2 is 2.06 bits per heavy atom. The molecule has 0 aromatic heterocycles. The highest BCUT2D eigenvalue weighted by Gasteiger charge is 2.32. The Kier molecular flexibility index (Phi) is 7.14. The van der Waals surface area contributed by atoms with Gasteiger partial charge in [0.1, 0.15) is 0 Å². The maximum absolute atomic E-state index is 3.63. The molecule has 0 saturated heterocycles. The van der Waals surface area contributed by atoms with Crippen molar-refractivity contribution in [1.82, 2.24) is 10.2 Å². The van der Waals surface area contributed by atoms with Gasteiger partial charge in [-0.3, -0.25) is 0 Å². The van der Waals surface area contributed by atoms with E-state index in [9.17, 15) is 0 Å². The minimum Gasteiger partial charge on any atom is -0.314 e. The van der Waals surface area contributed by atoms with Gasteiger partial charge in [0, 0.05) is 12.6 Å². The van der Waals surface area contributed by atoms with Gasteiger partial charge >= 0.3 is 0 Å². The van der Waals surface area contributed by atoms with Crippen LogP contribution in [0.4, 0.5) is 0 Å². The van der Waals surface area contributed by atoms with Crippen molar-refractivity contribution < 1.29 is 0 Å². The van der Waals surface area contributed by atoms with Crippen molar-refractivity contribution in [2.45, 2.75) is 58.9 Å². The largest absolute Gasteiger partial charge is 0.314 e. The predicted molar refractivity (Wildman–Crippen MR) is 76.4 cm³/mol. The molecule has 0 aliphatic heterocycles. The SMILES string of the molecule is CCCNC(CC)CCCN(C)CC1CC1C. The minimum atomic E-state index is 0.739. The second-order valence-electron chi connectivity index (χ2n) is 5.94. The van der Waals surface area contributed by atoms with E-state index in [4.69, 9.17) is 0 Å². The molecule has 2 heteroatoms. The van der Waals surface area contributed by atoms with E-state index in [0.29, 0.717) is 0 Å². The molecular weight excluding hydrogens is 208 g/mol. The Morgan fingerprint density at radius 1 is 1.35 bits per heavy atom. The standard InChI is InChI=1S/C15H32N2/c1-5-9-16-15(6-2)8-7-10-17(4)12-14-11-13(14)3/h13-16H,5-12H2,1-4H3. The molecule has 1 rings (SSSR count). The van der Waals surface area contributed by atoms with Crippen molar-refractivity contribution >= 4 is 0 Å². The fraction of sp³-hybridized carbons (Fsp3) is 1.00. The zero-order valence-corrected chi connectivity index (χ0v) is 12.3. The van der Waals surface area contributed by atoms with E-state index < -0.39 is 0 Å². The molecule has 0 spiro atoms. The molecule has 0 aromatic carbocycles. The zero-order valence-electron chi connectivity index (χ0n) is 12.3. The molecule has 2 nitrogen and oxygen atoms in total. The second kappa shape index (κ2) is 8.10. The van der Waals surface area contributed by atoms with Crippen molar-refractivity contribution in [3.05, 3.63) is 0 Å². The van der Waals surface area contributed by atoms with E-state index in [0.717, 1.165) is 17.9 Å². The molecule has 102 valence electrons. The minimum absolute atomic E-state index is 0.739. The number of rotatable bonds is 10. The topological polar surface area (TPSA) is 15.3 Å². The van der Waals surface area contributed by atoms with Crippen molar-refractivity contribution in [3.63, 3.8) is 0 Å². The first-order valence-corrected chi connectivity index (χ1v) is 7.59. The van der Waals surface area contributed by atoms with Crippen LogP contribution in [-0.2, 0) is 0 Å². The quantitative estimate of drug-likeness (QED) is 0.631. The lowest BCUT2D eigenvalue weighted by molar-refractivity contribution is 0.298. The first kappa shape index (κ1) is 15.0. The van der Waals surface area contributed by atoms with Gasteiger partial charge in [-0.2, -0.15) is 0 Å². The molecular formula is C15H32N2. The molecule has 3 unspecified atom stereocenters. The van der Waals surface area contributed by atoms with Crippen molar-refractivity contribution in [1.29, 1.82) is 0 Å². The highest BCUT2D eigenvalue weighted by atomic mass is 15.1. The average Bonchev–Trinajstić information content (AvgIpc) is 2.99. The van der Waals surface area contributed by atoms with Crippen LogP contribution in [0, 0.1) is 11.8 Å². The molecule has 1 aliphatic carbocycles. The van der Waals surface area contributed by atoms with Crippen molar-refractivity contribution in [3.8, 4) is 0 Å². The summed E-state index contributed by atoms with van der Waals surface area (Å²) in [7, 11) is 2.28. The third-order valence-electron chi connectivity index (χ3n) is 4.09. The highest BCUT2D eigenvalue weighted by molar-refractivity contribution is 4.84. The van der Waals surface area contributed by atoms with Crippen molar-refractivity contribution in [2.75, 3.05) is 26.7 Å². The highest BCUT2D eigenvalue weighted by Crippen LogP contribution is 2.37. The van der Waals surface area contributed by atoms with E-state index in [-0.39, 0.29) is 0 Å². The van der Waals surface area contributed by atoms with E-state index in [1.807, 2.05) is 0 Å². The van der Waals surface area contributed by atoms with Crippen LogP contribution < -0.4 is 5.32 Å². The van der Waals surface area contributed by atoms with Gasteiger partial charge < -0.3 is 10.2 Å². The van der Waals surface area contributed by atoms with Crippen LogP contribution in [0.3, 0.4) is 0 Å². The third kappa shape index (κ3) is 6.42. The lowest BCUT2D eigenvalue weighted by Gasteiger charge is -2.20. The van der Waals surface area contributed by atoms with E-state index in [1.165, 1.54) is 51.7 Å². The second-order valence-corrected chi connectivity index (χ2v) is 5.94. The molecule has 1 aliphatic rings. The molecule has 1 N–H and O–H groups in total. The summed E-state index contributed by atoms with van der Waals surface area (Å²) in [4.78, 5) is 2.53. The molecule has 0 aromatic rings. The van der Waals surface area contributed by atoms with Gasteiger partial charge in [-0.1, -0.05) is 20.8 Å². The molecule has 0 bridgehead atoms. The summed E-state index contributed by atoms with van der Waals surface area (Å²) >= 11 is 0. The first-order valence-electron chi connectivity index (χ1n) is 7.59. The summed E-state index contributed by atoms with van der Waals surface area (Å²) in [6, 6.07) is 0.739. The van der Waals surface area contributed by atoms with E-state index in [2.05, 4.69) is 38.0 Å². The first-order chi connectivity index (χ1) is 8.17. The molecule has 1 saturated carbocycles. The Balaban J connectivity index is 2.00. The van der Waals surface area contributed by atoms with Gasteiger partial charge in [0.2, 0.25) is 0 Å². The van der Waals surface area contributed by atoms with Gasteiger partial charge in [-0.15, -0.1) is 0 Å². The van der Waals surface area contributed by atoms with E-state index in [1.54, 1.807) is 0 Å². The van der Waals surface area contributed by atoms with Crippen LogP contribution in [0.2, 0.25) is 0 Å². The molecule has 0 amide bonds. The van der Waals surface area contributed by atoms with Crippen LogP contribution in [0.25, 0.3) is 0 Å². The number of nitrogens with one attached hydrogen (secondary N) is 1. The summed E-state index contributed by atoms with van der Waals surface area (Å²) in [6.45, 7) is 10.7.